The van der Waals surface area contributed by atoms with E-state index >= 15 is 0 Å². The van der Waals surface area contributed by atoms with E-state index in [9.17, 15) is 14.7 Å². The number of aromatic carboxylic acids is 1. The van der Waals surface area contributed by atoms with Gasteiger partial charge >= 0.3 is 5.97 Å². The second kappa shape index (κ2) is 10.2. The lowest BCUT2D eigenvalue weighted by Gasteiger charge is -2.27. The standard InChI is InChI=1S/C27H27ClN6O3/c1-14-7-8-18(19(28)11-14)24-23(25(35)32-21-13-17(26(36)37)9-10-29-21)15(2)30-27(34-24)33-22-12-16-5-3-4-6-20(16)31-22/h7-11,13,24H,3-6,12H2,1-2H3,(H,36,37)(H,29,32,35)(H2,30,31,33,34). The molecule has 9 nitrogen and oxygen atoms in total. The van der Waals surface area contributed by atoms with Crippen molar-refractivity contribution in [3.8, 4) is 0 Å². The van der Waals surface area contributed by atoms with Gasteiger partial charge in [0.05, 0.1) is 11.1 Å². The summed E-state index contributed by atoms with van der Waals surface area (Å²) >= 11 is 6.62. The molecule has 1 unspecified atom stereocenters. The lowest BCUT2D eigenvalue weighted by Crippen LogP contribution is -2.44. The van der Waals surface area contributed by atoms with Gasteiger partial charge in [0.25, 0.3) is 5.91 Å². The fraction of sp³-hybridized carbons (Fsp3) is 0.296. The van der Waals surface area contributed by atoms with Crippen LogP contribution in [0.15, 0.2) is 69.1 Å². The van der Waals surface area contributed by atoms with Gasteiger partial charge in [0.15, 0.2) is 0 Å². The smallest absolute Gasteiger partial charge is 0.335 e. The number of carbonyl (C=O) groups is 2. The highest BCUT2D eigenvalue weighted by Gasteiger charge is 2.32. The number of hydrogen-bond donors (Lipinski definition) is 4. The van der Waals surface area contributed by atoms with Crippen molar-refractivity contribution in [1.82, 2.24) is 15.6 Å². The molecule has 3 aliphatic rings. The van der Waals surface area contributed by atoms with E-state index in [-0.39, 0.29) is 11.4 Å². The van der Waals surface area contributed by atoms with E-state index in [2.05, 4.69) is 20.9 Å². The number of carbonyl (C=O) groups excluding carboxylic acids is 1. The van der Waals surface area contributed by atoms with Gasteiger partial charge in [0.2, 0.25) is 5.96 Å². The first-order valence-electron chi connectivity index (χ1n) is 12.2. The summed E-state index contributed by atoms with van der Waals surface area (Å²) in [5.41, 5.74) is 5.18. The Morgan fingerprint density at radius 3 is 2.70 bits per heavy atom. The third-order valence-electron chi connectivity index (χ3n) is 6.65. The lowest BCUT2D eigenvalue weighted by atomic mass is 9.94. The Morgan fingerprint density at radius 1 is 1.14 bits per heavy atom. The minimum absolute atomic E-state index is 0.0223. The van der Waals surface area contributed by atoms with Crippen LogP contribution in [0.1, 0.15) is 66.6 Å². The number of benzene rings is 1. The number of nitrogens with one attached hydrogen (secondary N) is 3. The zero-order valence-corrected chi connectivity index (χ0v) is 21.3. The van der Waals surface area contributed by atoms with E-state index in [0.717, 1.165) is 37.1 Å². The van der Waals surface area contributed by atoms with E-state index in [4.69, 9.17) is 21.6 Å². The summed E-state index contributed by atoms with van der Waals surface area (Å²) in [6.45, 7) is 3.73. The minimum atomic E-state index is -1.11. The molecule has 0 radical (unpaired) electrons. The van der Waals surface area contributed by atoms with Crippen LogP contribution in [0.4, 0.5) is 5.82 Å². The molecule has 37 heavy (non-hydrogen) atoms. The Balaban J connectivity index is 1.45. The Morgan fingerprint density at radius 2 is 1.95 bits per heavy atom. The maximum Gasteiger partial charge on any atom is 0.335 e. The average molecular weight is 519 g/mol. The van der Waals surface area contributed by atoms with Gasteiger partial charge in [-0.25, -0.2) is 19.8 Å². The molecular weight excluding hydrogens is 492 g/mol. The van der Waals surface area contributed by atoms with Crippen LogP contribution in [0.3, 0.4) is 0 Å². The maximum absolute atomic E-state index is 13.5. The molecule has 0 saturated carbocycles. The summed E-state index contributed by atoms with van der Waals surface area (Å²) in [5, 5.41) is 19.0. The molecule has 1 aromatic heterocycles. The number of hydrogen-bond acceptors (Lipinski definition) is 7. The largest absolute Gasteiger partial charge is 0.478 e. The van der Waals surface area contributed by atoms with E-state index in [1.54, 1.807) is 6.92 Å². The minimum Gasteiger partial charge on any atom is -0.478 e. The predicted molar refractivity (Wildman–Crippen MR) is 143 cm³/mol. The van der Waals surface area contributed by atoms with Crippen LogP contribution in [-0.2, 0) is 4.79 Å². The third kappa shape index (κ3) is 5.27. The van der Waals surface area contributed by atoms with Crippen molar-refractivity contribution in [3.05, 3.63) is 80.8 Å². The lowest BCUT2D eigenvalue weighted by molar-refractivity contribution is -0.113. The van der Waals surface area contributed by atoms with Crippen LogP contribution in [0.25, 0.3) is 0 Å². The fourth-order valence-electron chi connectivity index (χ4n) is 4.82. The third-order valence-corrected chi connectivity index (χ3v) is 6.98. The second-order valence-corrected chi connectivity index (χ2v) is 9.78. The molecule has 0 spiro atoms. The molecule has 5 rings (SSSR count). The number of guanidine groups is 1. The summed E-state index contributed by atoms with van der Waals surface area (Å²) in [6.07, 6.45) is 6.54. The number of aliphatic imine (C=N–C) groups is 2. The molecule has 0 bridgehead atoms. The Kier molecular flexibility index (Phi) is 6.80. The molecule has 190 valence electrons. The maximum atomic E-state index is 13.5. The van der Waals surface area contributed by atoms with Crippen LogP contribution in [0.2, 0.25) is 5.02 Å². The van der Waals surface area contributed by atoms with Crippen LogP contribution < -0.4 is 16.0 Å². The number of amidine groups is 1. The molecule has 0 fully saturated rings. The van der Waals surface area contributed by atoms with Crippen molar-refractivity contribution >= 4 is 41.1 Å². The molecule has 10 heteroatoms. The monoisotopic (exact) mass is 518 g/mol. The molecule has 1 aliphatic carbocycles. The second-order valence-electron chi connectivity index (χ2n) is 9.38. The molecule has 1 aromatic carbocycles. The van der Waals surface area contributed by atoms with Crippen LogP contribution in [0, 0.1) is 6.92 Å². The molecule has 4 N–H and O–H groups in total. The number of allylic oxidation sites excluding steroid dienone is 2. The Hall–Kier alpha value is -3.98. The van der Waals surface area contributed by atoms with Crippen molar-refractivity contribution in [2.24, 2.45) is 9.98 Å². The van der Waals surface area contributed by atoms with Gasteiger partial charge in [-0.15, -0.1) is 0 Å². The quantitative estimate of drug-likeness (QED) is 0.457. The number of nitrogens with zero attached hydrogens (tertiary/aromatic N) is 3. The molecular formula is C27H27ClN6O3. The number of anilines is 1. The summed E-state index contributed by atoms with van der Waals surface area (Å²) < 4.78 is 0. The van der Waals surface area contributed by atoms with E-state index in [0.29, 0.717) is 27.8 Å². The molecule has 2 aromatic rings. The van der Waals surface area contributed by atoms with Gasteiger partial charge in [-0.3, -0.25) is 4.79 Å². The van der Waals surface area contributed by atoms with Gasteiger partial charge in [0, 0.05) is 34.6 Å². The average Bonchev–Trinajstić information content (AvgIpc) is 3.26. The highest BCUT2D eigenvalue weighted by atomic mass is 35.5. The van der Waals surface area contributed by atoms with Gasteiger partial charge in [-0.1, -0.05) is 23.7 Å². The first-order valence-corrected chi connectivity index (χ1v) is 12.5. The van der Waals surface area contributed by atoms with Crippen molar-refractivity contribution < 1.29 is 14.7 Å². The molecule has 3 heterocycles. The predicted octanol–water partition coefficient (Wildman–Crippen LogP) is 4.87. The topological polar surface area (TPSA) is 128 Å². The van der Waals surface area contributed by atoms with E-state index in [1.165, 1.54) is 36.0 Å². The normalized spacial score (nSPS) is 19.1. The summed E-state index contributed by atoms with van der Waals surface area (Å²) in [4.78, 5) is 38.5. The van der Waals surface area contributed by atoms with Crippen molar-refractivity contribution in [3.63, 3.8) is 0 Å². The number of aryl methyl sites for hydroxylation is 1. The SMILES string of the molecule is CC1=C(C(=O)Nc2cc(C(=O)O)ccn2)C(c2ccc(C)cc2Cl)N=C(NC2=NC3=C(CCCC3)C2)N1. The summed E-state index contributed by atoms with van der Waals surface area (Å²) in [6, 6.07) is 7.59. The van der Waals surface area contributed by atoms with E-state index in [1.807, 2.05) is 25.1 Å². The first-order chi connectivity index (χ1) is 17.8. The summed E-state index contributed by atoms with van der Waals surface area (Å²) in [7, 11) is 0. The number of carboxylic acid groups (broad SMARTS) is 1. The number of pyridine rings is 1. The fourth-order valence-corrected chi connectivity index (χ4v) is 5.16. The Bertz CT molecular complexity index is 1420. The van der Waals surface area contributed by atoms with Gasteiger partial charge in [-0.05, 0) is 68.9 Å². The zero-order chi connectivity index (χ0) is 26.1. The van der Waals surface area contributed by atoms with Crippen molar-refractivity contribution in [2.45, 2.75) is 52.0 Å². The van der Waals surface area contributed by atoms with Crippen LogP contribution >= 0.6 is 11.6 Å². The van der Waals surface area contributed by atoms with Crippen molar-refractivity contribution in [2.75, 3.05) is 5.32 Å². The zero-order valence-electron chi connectivity index (χ0n) is 20.6. The highest BCUT2D eigenvalue weighted by molar-refractivity contribution is 6.31. The van der Waals surface area contributed by atoms with Crippen molar-refractivity contribution in [1.29, 1.82) is 0 Å². The molecule has 2 aliphatic heterocycles. The molecule has 1 atom stereocenters. The number of halogens is 1. The summed E-state index contributed by atoms with van der Waals surface area (Å²) in [5.74, 6) is -0.116. The van der Waals surface area contributed by atoms with E-state index < -0.39 is 17.9 Å². The molecule has 0 saturated heterocycles. The van der Waals surface area contributed by atoms with Gasteiger partial charge in [0.1, 0.15) is 17.7 Å². The van der Waals surface area contributed by atoms with Crippen LogP contribution in [0.5, 0.6) is 0 Å². The van der Waals surface area contributed by atoms with Gasteiger partial charge in [-0.2, -0.15) is 0 Å². The first kappa shape index (κ1) is 24.7. The number of amides is 1. The highest BCUT2D eigenvalue weighted by Crippen LogP contribution is 2.36. The number of carboxylic acids is 1. The number of aromatic nitrogens is 1. The Labute approximate surface area is 219 Å². The van der Waals surface area contributed by atoms with Gasteiger partial charge < -0.3 is 21.1 Å². The number of rotatable bonds is 4. The molecule has 1 amide bonds. The van der Waals surface area contributed by atoms with Crippen LogP contribution in [-0.4, -0.2) is 33.8 Å².